The van der Waals surface area contributed by atoms with Crippen molar-refractivity contribution in [1.82, 2.24) is 5.32 Å². The van der Waals surface area contributed by atoms with E-state index in [4.69, 9.17) is 14.2 Å². The molecule has 0 saturated heterocycles. The number of carbonyl (C=O) groups is 2. The lowest BCUT2D eigenvalue weighted by atomic mass is 10.1. The van der Waals surface area contributed by atoms with Crippen LogP contribution in [0.5, 0.6) is 0 Å². The van der Waals surface area contributed by atoms with Gasteiger partial charge in [0, 0.05) is 14.4 Å². The number of carbonyl (C=O) groups excluding carboxylic acids is 2. The summed E-state index contributed by atoms with van der Waals surface area (Å²) < 4.78 is 16.0. The third-order valence-corrected chi connectivity index (χ3v) is 3.27. The van der Waals surface area contributed by atoms with Crippen LogP contribution in [0.3, 0.4) is 0 Å². The number of alkyl carbamates (subject to hydrolysis) is 1. The van der Waals surface area contributed by atoms with Crippen molar-refractivity contribution in [2.24, 2.45) is 0 Å². The molecule has 1 atom stereocenters. The minimum atomic E-state index is -0.624. The van der Waals surface area contributed by atoms with Gasteiger partial charge in [-0.05, 0) is 52.7 Å². The molecule has 148 valence electrons. The molecular formula is C20H33NO5. The Balaban J connectivity index is 0.00000676. The number of nitrogens with one attached hydrogen (secondary N) is 1. The fourth-order valence-electron chi connectivity index (χ4n) is 2.25. The predicted molar refractivity (Wildman–Crippen MR) is 102 cm³/mol. The van der Waals surface area contributed by atoms with Crippen molar-refractivity contribution in [3.63, 3.8) is 0 Å². The molecule has 0 bridgehead atoms. The first-order chi connectivity index (χ1) is 12.1. The van der Waals surface area contributed by atoms with Gasteiger partial charge in [0.2, 0.25) is 0 Å². The van der Waals surface area contributed by atoms with Gasteiger partial charge in [0.15, 0.2) is 6.10 Å². The fourth-order valence-corrected chi connectivity index (χ4v) is 2.25. The molecule has 1 aromatic carbocycles. The molecule has 1 unspecified atom stereocenters. The highest BCUT2D eigenvalue weighted by Gasteiger charge is 2.22. The van der Waals surface area contributed by atoms with E-state index in [9.17, 15) is 9.59 Å². The summed E-state index contributed by atoms with van der Waals surface area (Å²) in [6, 6.07) is 7.65. The Morgan fingerprint density at radius 1 is 1.12 bits per heavy atom. The maximum atomic E-state index is 12.0. The smallest absolute Gasteiger partial charge is 0.407 e. The van der Waals surface area contributed by atoms with Crippen molar-refractivity contribution in [2.45, 2.75) is 72.3 Å². The number of benzene rings is 1. The first kappa shape index (κ1) is 22.0. The molecule has 26 heavy (non-hydrogen) atoms. The molecule has 1 N–H and O–H groups in total. The van der Waals surface area contributed by atoms with Gasteiger partial charge in [-0.25, -0.2) is 9.59 Å². The highest BCUT2D eigenvalue weighted by atomic mass is 16.6. The summed E-state index contributed by atoms with van der Waals surface area (Å²) in [6.45, 7) is 11.7. The van der Waals surface area contributed by atoms with E-state index in [2.05, 4.69) is 5.32 Å². The summed E-state index contributed by atoms with van der Waals surface area (Å²) in [5.41, 5.74) is 1.38. The minimum absolute atomic E-state index is 0. The molecule has 0 fully saturated rings. The second-order valence-corrected chi connectivity index (χ2v) is 7.30. The van der Waals surface area contributed by atoms with E-state index in [0.717, 1.165) is 11.1 Å². The average molecular weight is 367 g/mol. The number of hydrogen-bond donors (Lipinski definition) is 1. The van der Waals surface area contributed by atoms with Gasteiger partial charge in [0.1, 0.15) is 5.60 Å². The topological polar surface area (TPSA) is 73.9 Å². The zero-order chi connectivity index (χ0) is 19.7. The van der Waals surface area contributed by atoms with Crippen LogP contribution in [0.1, 0.15) is 54.1 Å². The first-order valence-corrected chi connectivity index (χ1v) is 8.97. The largest absolute Gasteiger partial charge is 0.464 e. The van der Waals surface area contributed by atoms with E-state index in [1.165, 1.54) is 0 Å². The standard InChI is InChI=1S/C20H31NO5.H2/c1-7-24-18(22)17(25-14(2)3)12-15-8-10-16(11-9-15)13-21-19(23)26-20(4,5)6;/h8-11,14,17H,7,12-13H2,1-6H3,(H,21,23);1H. The summed E-state index contributed by atoms with van der Waals surface area (Å²) in [4.78, 5) is 23.7. The van der Waals surface area contributed by atoms with E-state index in [0.29, 0.717) is 19.6 Å². The highest BCUT2D eigenvalue weighted by molar-refractivity contribution is 5.75. The summed E-state index contributed by atoms with van der Waals surface area (Å²) in [5.74, 6) is -0.350. The van der Waals surface area contributed by atoms with Gasteiger partial charge in [-0.2, -0.15) is 0 Å². The molecule has 1 aromatic rings. The summed E-state index contributed by atoms with van der Waals surface area (Å²) in [6.07, 6.45) is -0.701. The van der Waals surface area contributed by atoms with Crippen LogP contribution in [0, 0.1) is 0 Å². The van der Waals surface area contributed by atoms with Gasteiger partial charge in [-0.15, -0.1) is 0 Å². The number of esters is 1. The van der Waals surface area contributed by atoms with Crippen LogP contribution in [0.2, 0.25) is 0 Å². The lowest BCUT2D eigenvalue weighted by Crippen LogP contribution is -2.32. The van der Waals surface area contributed by atoms with Crippen molar-refractivity contribution in [3.8, 4) is 0 Å². The van der Waals surface area contributed by atoms with E-state index >= 15 is 0 Å². The van der Waals surface area contributed by atoms with Crippen LogP contribution in [0.25, 0.3) is 0 Å². The van der Waals surface area contributed by atoms with Gasteiger partial charge in [0.05, 0.1) is 12.7 Å². The first-order valence-electron chi connectivity index (χ1n) is 8.97. The molecular weight excluding hydrogens is 334 g/mol. The Labute approximate surface area is 157 Å². The Morgan fingerprint density at radius 3 is 2.19 bits per heavy atom. The molecule has 1 amide bonds. The van der Waals surface area contributed by atoms with Crippen molar-refractivity contribution >= 4 is 12.1 Å². The van der Waals surface area contributed by atoms with Crippen LogP contribution >= 0.6 is 0 Å². The Kier molecular flexibility index (Phi) is 8.58. The van der Waals surface area contributed by atoms with Crippen LogP contribution in [0.15, 0.2) is 24.3 Å². The van der Waals surface area contributed by atoms with Gasteiger partial charge >= 0.3 is 12.1 Å². The summed E-state index contributed by atoms with van der Waals surface area (Å²) in [5, 5.41) is 2.72. The molecule has 0 aliphatic heterocycles. The Bertz CT molecular complexity index is 581. The van der Waals surface area contributed by atoms with Crippen LogP contribution < -0.4 is 5.32 Å². The number of rotatable bonds is 8. The molecule has 0 aliphatic rings. The summed E-state index contributed by atoms with van der Waals surface area (Å²) in [7, 11) is 0. The van der Waals surface area contributed by atoms with Gasteiger partial charge in [-0.3, -0.25) is 0 Å². The molecule has 0 saturated carbocycles. The van der Waals surface area contributed by atoms with E-state index in [1.54, 1.807) is 6.92 Å². The lowest BCUT2D eigenvalue weighted by Gasteiger charge is -2.20. The summed E-state index contributed by atoms with van der Waals surface area (Å²) >= 11 is 0. The van der Waals surface area contributed by atoms with E-state index in [1.807, 2.05) is 58.9 Å². The van der Waals surface area contributed by atoms with Crippen LogP contribution in [0.4, 0.5) is 4.79 Å². The van der Waals surface area contributed by atoms with Crippen LogP contribution in [-0.2, 0) is 32.0 Å². The average Bonchev–Trinajstić information content (AvgIpc) is 2.52. The fraction of sp³-hybridized carbons (Fsp3) is 0.600. The van der Waals surface area contributed by atoms with Crippen molar-refractivity contribution in [1.29, 1.82) is 0 Å². The Hall–Kier alpha value is -2.08. The van der Waals surface area contributed by atoms with Gasteiger partial charge < -0.3 is 19.5 Å². The third kappa shape index (κ3) is 8.85. The number of hydrogen-bond acceptors (Lipinski definition) is 5. The van der Waals surface area contributed by atoms with Gasteiger partial charge in [-0.1, -0.05) is 24.3 Å². The van der Waals surface area contributed by atoms with Crippen molar-refractivity contribution < 1.29 is 25.2 Å². The number of amides is 1. The molecule has 6 heteroatoms. The molecule has 1 rings (SSSR count). The minimum Gasteiger partial charge on any atom is -0.464 e. The molecule has 0 heterocycles. The zero-order valence-electron chi connectivity index (χ0n) is 16.6. The van der Waals surface area contributed by atoms with Crippen molar-refractivity contribution in [3.05, 3.63) is 35.4 Å². The zero-order valence-corrected chi connectivity index (χ0v) is 16.6. The Morgan fingerprint density at radius 2 is 1.69 bits per heavy atom. The molecule has 0 aliphatic carbocycles. The number of ether oxygens (including phenoxy) is 3. The maximum absolute atomic E-state index is 12.0. The van der Waals surface area contributed by atoms with Crippen LogP contribution in [-0.4, -0.2) is 36.5 Å². The SMILES string of the molecule is CCOC(=O)C(Cc1ccc(CNC(=O)OC(C)(C)C)cc1)OC(C)C.[HH]. The van der Waals surface area contributed by atoms with E-state index in [-0.39, 0.29) is 13.5 Å². The second-order valence-electron chi connectivity index (χ2n) is 7.30. The molecule has 0 radical (unpaired) electrons. The second kappa shape index (κ2) is 10.2. The predicted octanol–water partition coefficient (Wildman–Crippen LogP) is 3.86. The maximum Gasteiger partial charge on any atom is 0.407 e. The van der Waals surface area contributed by atoms with E-state index < -0.39 is 17.8 Å². The molecule has 0 spiro atoms. The molecule has 6 nitrogen and oxygen atoms in total. The highest BCUT2D eigenvalue weighted by Crippen LogP contribution is 2.12. The quantitative estimate of drug-likeness (QED) is 0.706. The monoisotopic (exact) mass is 367 g/mol. The van der Waals surface area contributed by atoms with Crippen molar-refractivity contribution in [2.75, 3.05) is 6.61 Å². The van der Waals surface area contributed by atoms with Gasteiger partial charge in [0.25, 0.3) is 0 Å². The molecule has 0 aromatic heterocycles. The normalized spacial score (nSPS) is 12.6. The third-order valence-electron chi connectivity index (χ3n) is 3.27. The lowest BCUT2D eigenvalue weighted by molar-refractivity contribution is -0.159.